The first-order valence-electron chi connectivity index (χ1n) is 9.36. The molecule has 8 heteroatoms. The molecule has 0 spiro atoms. The average Bonchev–Trinajstić information content (AvgIpc) is 3.14. The Morgan fingerprint density at radius 3 is 2.45 bits per heavy atom. The number of amides is 3. The average molecular weight is 405 g/mol. The van der Waals surface area contributed by atoms with E-state index < -0.39 is 17.8 Å². The SMILES string of the molecule is CCN(C(=O)c1ccc(N2CCNC2=O)cc1)C(C)c1cccc(C(F)(F)F)c1. The van der Waals surface area contributed by atoms with Gasteiger partial charge in [0.15, 0.2) is 0 Å². The fourth-order valence-corrected chi connectivity index (χ4v) is 3.42. The summed E-state index contributed by atoms with van der Waals surface area (Å²) in [5, 5.41) is 2.71. The van der Waals surface area contributed by atoms with E-state index in [1.54, 1.807) is 49.1 Å². The van der Waals surface area contributed by atoms with Crippen molar-refractivity contribution < 1.29 is 22.8 Å². The molecule has 3 rings (SSSR count). The molecule has 0 radical (unpaired) electrons. The number of halogens is 3. The van der Waals surface area contributed by atoms with Crippen LogP contribution in [0, 0.1) is 0 Å². The summed E-state index contributed by atoms with van der Waals surface area (Å²) >= 11 is 0. The first kappa shape index (κ1) is 20.7. The molecule has 1 heterocycles. The first-order chi connectivity index (χ1) is 13.7. The van der Waals surface area contributed by atoms with Crippen molar-refractivity contribution in [2.45, 2.75) is 26.1 Å². The molecular weight excluding hydrogens is 383 g/mol. The van der Waals surface area contributed by atoms with Gasteiger partial charge in [-0.3, -0.25) is 9.69 Å². The minimum atomic E-state index is -4.44. The number of hydrogen-bond donors (Lipinski definition) is 1. The summed E-state index contributed by atoms with van der Waals surface area (Å²) in [7, 11) is 0. The van der Waals surface area contributed by atoms with Crippen LogP contribution in [0.1, 0.15) is 41.4 Å². The largest absolute Gasteiger partial charge is 0.416 e. The highest BCUT2D eigenvalue weighted by atomic mass is 19.4. The molecule has 154 valence electrons. The fraction of sp³-hybridized carbons (Fsp3) is 0.333. The van der Waals surface area contributed by atoms with E-state index in [9.17, 15) is 22.8 Å². The fourth-order valence-electron chi connectivity index (χ4n) is 3.42. The molecular formula is C21H22F3N3O2. The summed E-state index contributed by atoms with van der Waals surface area (Å²) in [6.07, 6.45) is -4.44. The van der Waals surface area contributed by atoms with Crippen LogP contribution < -0.4 is 10.2 Å². The van der Waals surface area contributed by atoms with Gasteiger partial charge in [0.05, 0.1) is 11.6 Å². The lowest BCUT2D eigenvalue weighted by molar-refractivity contribution is -0.137. The van der Waals surface area contributed by atoms with Crippen LogP contribution in [0.2, 0.25) is 0 Å². The van der Waals surface area contributed by atoms with Gasteiger partial charge in [0, 0.05) is 30.9 Å². The Morgan fingerprint density at radius 2 is 1.90 bits per heavy atom. The third-order valence-electron chi connectivity index (χ3n) is 5.05. The van der Waals surface area contributed by atoms with Crippen LogP contribution >= 0.6 is 0 Å². The van der Waals surface area contributed by atoms with Crippen molar-refractivity contribution in [1.82, 2.24) is 10.2 Å². The third kappa shape index (κ3) is 4.36. The van der Waals surface area contributed by atoms with Crippen LogP contribution in [0.3, 0.4) is 0 Å². The maximum atomic E-state index is 13.0. The summed E-state index contributed by atoms with van der Waals surface area (Å²) in [5.74, 6) is -0.283. The Kier molecular flexibility index (Phi) is 5.81. The first-order valence-corrected chi connectivity index (χ1v) is 9.36. The zero-order valence-electron chi connectivity index (χ0n) is 16.2. The van der Waals surface area contributed by atoms with E-state index in [-0.39, 0.29) is 11.9 Å². The Labute approximate surface area is 167 Å². The van der Waals surface area contributed by atoms with Gasteiger partial charge in [0.1, 0.15) is 0 Å². The van der Waals surface area contributed by atoms with Gasteiger partial charge in [0.25, 0.3) is 5.91 Å². The summed E-state index contributed by atoms with van der Waals surface area (Å²) in [6.45, 7) is 4.95. The molecule has 1 atom stereocenters. The Morgan fingerprint density at radius 1 is 1.21 bits per heavy atom. The molecule has 0 aliphatic carbocycles. The smallest absolute Gasteiger partial charge is 0.336 e. The van der Waals surface area contributed by atoms with Gasteiger partial charge in [-0.25, -0.2) is 4.79 Å². The summed E-state index contributed by atoms with van der Waals surface area (Å²) in [4.78, 5) is 27.8. The molecule has 1 aliphatic rings. The quantitative estimate of drug-likeness (QED) is 0.799. The van der Waals surface area contributed by atoms with Gasteiger partial charge >= 0.3 is 12.2 Å². The van der Waals surface area contributed by atoms with E-state index in [1.807, 2.05) is 0 Å². The van der Waals surface area contributed by atoms with Gasteiger partial charge in [-0.05, 0) is 55.8 Å². The van der Waals surface area contributed by atoms with Gasteiger partial charge < -0.3 is 10.2 Å². The van der Waals surface area contributed by atoms with Crippen molar-refractivity contribution >= 4 is 17.6 Å². The monoisotopic (exact) mass is 405 g/mol. The second-order valence-corrected chi connectivity index (χ2v) is 6.82. The lowest BCUT2D eigenvalue weighted by Crippen LogP contribution is -2.33. The number of hydrogen-bond acceptors (Lipinski definition) is 2. The van der Waals surface area contributed by atoms with Gasteiger partial charge in [-0.2, -0.15) is 13.2 Å². The minimum absolute atomic E-state index is 0.183. The lowest BCUT2D eigenvalue weighted by Gasteiger charge is -2.29. The van der Waals surface area contributed by atoms with E-state index >= 15 is 0 Å². The minimum Gasteiger partial charge on any atom is -0.336 e. The summed E-state index contributed by atoms with van der Waals surface area (Å²) in [5.41, 5.74) is 0.776. The van der Waals surface area contributed by atoms with Gasteiger partial charge in [-0.1, -0.05) is 12.1 Å². The topological polar surface area (TPSA) is 52.7 Å². The summed E-state index contributed by atoms with van der Waals surface area (Å²) in [6, 6.07) is 11.0. The maximum Gasteiger partial charge on any atom is 0.416 e. The Bertz CT molecular complexity index is 897. The highest BCUT2D eigenvalue weighted by Gasteiger charge is 2.31. The van der Waals surface area contributed by atoms with E-state index in [4.69, 9.17) is 0 Å². The molecule has 1 saturated heterocycles. The third-order valence-corrected chi connectivity index (χ3v) is 5.05. The lowest BCUT2D eigenvalue weighted by atomic mass is 10.0. The standard InChI is InChI=1S/C21H22F3N3O2/c1-3-26(14(2)16-5-4-6-17(13-16)21(22,23)24)19(28)15-7-9-18(10-8-15)27-12-11-25-20(27)29/h4-10,13-14H,3,11-12H2,1-2H3,(H,25,29). The van der Waals surface area contributed by atoms with Gasteiger partial charge in [0.2, 0.25) is 0 Å². The molecule has 1 N–H and O–H groups in total. The number of urea groups is 1. The van der Waals surface area contributed by atoms with Crippen molar-refractivity contribution in [3.8, 4) is 0 Å². The van der Waals surface area contributed by atoms with E-state index in [2.05, 4.69) is 5.32 Å². The number of nitrogens with zero attached hydrogens (tertiary/aromatic N) is 2. The predicted octanol–water partition coefficient (Wildman–Crippen LogP) is 4.46. The van der Waals surface area contributed by atoms with Crippen molar-refractivity contribution in [1.29, 1.82) is 0 Å². The normalized spacial score (nSPS) is 15.2. The number of nitrogens with one attached hydrogen (secondary N) is 1. The van der Waals surface area contributed by atoms with Crippen LogP contribution in [0.15, 0.2) is 48.5 Å². The second kappa shape index (κ2) is 8.14. The van der Waals surface area contributed by atoms with Crippen molar-refractivity contribution in [3.05, 3.63) is 65.2 Å². The summed E-state index contributed by atoms with van der Waals surface area (Å²) < 4.78 is 39.1. The van der Waals surface area contributed by atoms with Crippen molar-refractivity contribution in [2.24, 2.45) is 0 Å². The zero-order valence-corrected chi connectivity index (χ0v) is 16.2. The Balaban J connectivity index is 1.80. The maximum absolute atomic E-state index is 13.0. The van der Waals surface area contributed by atoms with Crippen molar-refractivity contribution in [3.63, 3.8) is 0 Å². The van der Waals surface area contributed by atoms with E-state index in [0.29, 0.717) is 36.4 Å². The molecule has 2 aromatic rings. The van der Waals surface area contributed by atoms with Crippen molar-refractivity contribution in [2.75, 3.05) is 24.5 Å². The highest BCUT2D eigenvalue weighted by molar-refractivity contribution is 5.97. The number of alkyl halides is 3. The van der Waals surface area contributed by atoms with Gasteiger partial charge in [-0.15, -0.1) is 0 Å². The highest BCUT2D eigenvalue weighted by Crippen LogP contribution is 2.32. The molecule has 1 unspecified atom stereocenters. The molecule has 1 fully saturated rings. The Hall–Kier alpha value is -3.03. The molecule has 3 amide bonds. The molecule has 29 heavy (non-hydrogen) atoms. The zero-order chi connectivity index (χ0) is 21.2. The molecule has 0 saturated carbocycles. The molecule has 2 aromatic carbocycles. The number of carbonyl (C=O) groups excluding carboxylic acids is 2. The number of rotatable bonds is 5. The van der Waals surface area contributed by atoms with Crippen LogP contribution in [-0.2, 0) is 6.18 Å². The molecule has 1 aliphatic heterocycles. The second-order valence-electron chi connectivity index (χ2n) is 6.82. The van der Waals surface area contributed by atoms with Crippen LogP contribution in [-0.4, -0.2) is 36.5 Å². The number of benzene rings is 2. The number of carbonyl (C=O) groups is 2. The molecule has 0 bridgehead atoms. The van der Waals surface area contributed by atoms with E-state index in [1.165, 1.54) is 11.0 Å². The molecule has 0 aromatic heterocycles. The van der Waals surface area contributed by atoms with Crippen LogP contribution in [0.5, 0.6) is 0 Å². The van der Waals surface area contributed by atoms with Crippen LogP contribution in [0.25, 0.3) is 0 Å². The number of anilines is 1. The molecule has 5 nitrogen and oxygen atoms in total. The van der Waals surface area contributed by atoms with Crippen LogP contribution in [0.4, 0.5) is 23.7 Å². The predicted molar refractivity (Wildman–Crippen MR) is 104 cm³/mol. The van der Waals surface area contributed by atoms with E-state index in [0.717, 1.165) is 12.1 Å².